The average molecular weight is 386 g/mol. The van der Waals surface area contributed by atoms with Crippen LogP contribution in [0.1, 0.15) is 0 Å². The summed E-state index contributed by atoms with van der Waals surface area (Å²) in [5.74, 6) is 0.0649. The molecule has 10 heteroatoms. The summed E-state index contributed by atoms with van der Waals surface area (Å²) in [6, 6.07) is 2.89. The molecule has 0 saturated carbocycles. The second kappa shape index (κ2) is 5.28. The van der Waals surface area contributed by atoms with Crippen LogP contribution in [0.4, 0.5) is 5.95 Å². The van der Waals surface area contributed by atoms with Gasteiger partial charge in [0.25, 0.3) is 10.0 Å². The SMILES string of the molecule is Cn1ncnc1NS(=O)(=O)c1c(Cl)cc(Br)cc1Cl. The number of rotatable bonds is 3. The predicted octanol–water partition coefficient (Wildman–Crippen LogP) is 2.69. The summed E-state index contributed by atoms with van der Waals surface area (Å²) in [4.78, 5) is 3.56. The molecule has 1 heterocycles. The summed E-state index contributed by atoms with van der Waals surface area (Å²) in [6.07, 6.45) is 1.22. The van der Waals surface area contributed by atoms with Crippen LogP contribution in [0.3, 0.4) is 0 Å². The van der Waals surface area contributed by atoms with E-state index in [2.05, 4.69) is 30.7 Å². The number of halogens is 3. The van der Waals surface area contributed by atoms with E-state index in [1.54, 1.807) is 7.05 Å². The maximum Gasteiger partial charge on any atom is 0.267 e. The first-order valence-corrected chi connectivity index (χ1v) is 7.86. The van der Waals surface area contributed by atoms with Gasteiger partial charge < -0.3 is 0 Å². The van der Waals surface area contributed by atoms with Crippen LogP contribution in [0, 0.1) is 0 Å². The fourth-order valence-corrected chi connectivity index (χ4v) is 4.32. The van der Waals surface area contributed by atoms with Crippen molar-refractivity contribution in [2.45, 2.75) is 4.90 Å². The maximum atomic E-state index is 12.2. The molecule has 0 spiro atoms. The van der Waals surface area contributed by atoms with Gasteiger partial charge in [0, 0.05) is 11.5 Å². The molecule has 0 bridgehead atoms. The van der Waals surface area contributed by atoms with Crippen LogP contribution in [0.5, 0.6) is 0 Å². The molecule has 0 aliphatic carbocycles. The van der Waals surface area contributed by atoms with E-state index < -0.39 is 10.0 Å². The van der Waals surface area contributed by atoms with E-state index in [-0.39, 0.29) is 20.9 Å². The lowest BCUT2D eigenvalue weighted by molar-refractivity contribution is 0.600. The number of nitrogens with one attached hydrogen (secondary N) is 1. The smallest absolute Gasteiger partial charge is 0.247 e. The van der Waals surface area contributed by atoms with Gasteiger partial charge in [-0.25, -0.2) is 17.8 Å². The second-order valence-corrected chi connectivity index (χ2v) is 6.86. The predicted molar refractivity (Wildman–Crippen MR) is 76.0 cm³/mol. The Balaban J connectivity index is 2.49. The number of nitrogens with zero attached hydrogens (tertiary/aromatic N) is 3. The number of aromatic nitrogens is 3. The number of hydrogen-bond donors (Lipinski definition) is 1. The van der Waals surface area contributed by atoms with Gasteiger partial charge in [0.2, 0.25) is 5.95 Å². The van der Waals surface area contributed by atoms with E-state index in [1.807, 2.05) is 0 Å². The van der Waals surface area contributed by atoms with Crippen molar-refractivity contribution in [3.05, 3.63) is 33.0 Å². The van der Waals surface area contributed by atoms with Gasteiger partial charge in [-0.05, 0) is 12.1 Å². The van der Waals surface area contributed by atoms with E-state index in [1.165, 1.54) is 23.1 Å². The molecule has 0 aliphatic rings. The van der Waals surface area contributed by atoms with Crippen LogP contribution < -0.4 is 4.72 Å². The zero-order valence-electron chi connectivity index (χ0n) is 9.43. The van der Waals surface area contributed by atoms with Gasteiger partial charge in [-0.2, -0.15) is 10.1 Å². The van der Waals surface area contributed by atoms with Gasteiger partial charge in [-0.15, -0.1) is 0 Å². The summed E-state index contributed by atoms with van der Waals surface area (Å²) in [6.45, 7) is 0. The molecule has 0 atom stereocenters. The first-order valence-electron chi connectivity index (χ1n) is 4.82. The lowest BCUT2D eigenvalue weighted by Crippen LogP contribution is -2.17. The Morgan fingerprint density at radius 2 is 1.89 bits per heavy atom. The van der Waals surface area contributed by atoms with Gasteiger partial charge >= 0.3 is 0 Å². The van der Waals surface area contributed by atoms with Gasteiger partial charge in [-0.3, -0.25) is 0 Å². The molecule has 0 fully saturated rings. The van der Waals surface area contributed by atoms with Crippen LogP contribution in [-0.2, 0) is 17.1 Å². The van der Waals surface area contributed by atoms with Crippen LogP contribution >= 0.6 is 39.1 Å². The number of benzene rings is 1. The van der Waals surface area contributed by atoms with E-state index in [0.717, 1.165) is 0 Å². The Bertz CT molecular complexity index is 709. The van der Waals surface area contributed by atoms with Crippen LogP contribution in [0.15, 0.2) is 27.8 Å². The third-order valence-corrected chi connectivity index (χ3v) is 4.88. The molecule has 2 aromatic rings. The molecule has 0 unspecified atom stereocenters. The highest BCUT2D eigenvalue weighted by Crippen LogP contribution is 2.33. The average Bonchev–Trinajstić information content (AvgIpc) is 2.61. The van der Waals surface area contributed by atoms with Crippen LogP contribution in [0.25, 0.3) is 0 Å². The highest BCUT2D eigenvalue weighted by molar-refractivity contribution is 9.10. The summed E-state index contributed by atoms with van der Waals surface area (Å²) in [7, 11) is -2.39. The molecule has 1 N–H and O–H groups in total. The van der Waals surface area contributed by atoms with Crippen LogP contribution in [-0.4, -0.2) is 23.2 Å². The van der Waals surface area contributed by atoms with E-state index >= 15 is 0 Å². The minimum Gasteiger partial charge on any atom is -0.247 e. The molecule has 0 aliphatic heterocycles. The van der Waals surface area contributed by atoms with E-state index in [0.29, 0.717) is 4.47 Å². The Morgan fingerprint density at radius 1 is 1.32 bits per heavy atom. The van der Waals surface area contributed by atoms with Crippen molar-refractivity contribution in [3.63, 3.8) is 0 Å². The number of aryl methyl sites for hydroxylation is 1. The number of sulfonamides is 1. The van der Waals surface area contributed by atoms with E-state index in [9.17, 15) is 8.42 Å². The molecule has 0 amide bonds. The highest BCUT2D eigenvalue weighted by atomic mass is 79.9. The Labute approximate surface area is 127 Å². The van der Waals surface area contributed by atoms with Crippen molar-refractivity contribution in [2.24, 2.45) is 7.05 Å². The minimum atomic E-state index is -3.94. The summed E-state index contributed by atoms with van der Waals surface area (Å²) >= 11 is 15.0. The first-order chi connectivity index (χ1) is 8.81. The molecule has 1 aromatic heterocycles. The fraction of sp³-hybridized carbons (Fsp3) is 0.111. The molecular formula is C9H7BrCl2N4O2S. The summed E-state index contributed by atoms with van der Waals surface area (Å²) in [5, 5.41) is 3.78. The monoisotopic (exact) mass is 384 g/mol. The maximum absolute atomic E-state index is 12.2. The van der Waals surface area contributed by atoms with Gasteiger partial charge in [0.1, 0.15) is 11.2 Å². The van der Waals surface area contributed by atoms with Gasteiger partial charge in [0.05, 0.1) is 10.0 Å². The third kappa shape index (κ3) is 3.02. The van der Waals surface area contributed by atoms with Crippen molar-refractivity contribution >= 4 is 55.1 Å². The minimum absolute atomic E-state index is 0.00837. The van der Waals surface area contributed by atoms with Gasteiger partial charge in [-0.1, -0.05) is 39.1 Å². The summed E-state index contributed by atoms with van der Waals surface area (Å²) in [5.41, 5.74) is 0. The fourth-order valence-electron chi connectivity index (χ4n) is 1.35. The van der Waals surface area contributed by atoms with Crippen molar-refractivity contribution in [1.29, 1.82) is 0 Å². The lowest BCUT2D eigenvalue weighted by Gasteiger charge is -2.10. The van der Waals surface area contributed by atoms with Gasteiger partial charge in [0.15, 0.2) is 0 Å². The molecule has 102 valence electrons. The molecule has 19 heavy (non-hydrogen) atoms. The first kappa shape index (κ1) is 14.6. The Hall–Kier alpha value is -0.830. The largest absolute Gasteiger partial charge is 0.267 e. The zero-order chi connectivity index (χ0) is 14.2. The Kier molecular flexibility index (Phi) is 4.05. The van der Waals surface area contributed by atoms with Crippen molar-refractivity contribution < 1.29 is 8.42 Å². The molecule has 1 aromatic carbocycles. The second-order valence-electron chi connectivity index (χ2n) is 3.51. The molecule has 2 rings (SSSR count). The van der Waals surface area contributed by atoms with Crippen LogP contribution in [0.2, 0.25) is 10.0 Å². The standard InChI is InChI=1S/C9H7BrCl2N4O2S/c1-16-9(13-4-14-16)15-19(17,18)8-6(11)2-5(10)3-7(8)12/h2-4H,1H3,(H,13,14,15). The van der Waals surface area contributed by atoms with Crippen molar-refractivity contribution in [3.8, 4) is 0 Å². The molecular weight excluding hydrogens is 379 g/mol. The normalized spacial score (nSPS) is 11.6. The van der Waals surface area contributed by atoms with E-state index in [4.69, 9.17) is 23.2 Å². The third-order valence-electron chi connectivity index (χ3n) is 2.17. The quantitative estimate of drug-likeness (QED) is 0.880. The molecule has 0 saturated heterocycles. The number of anilines is 1. The van der Waals surface area contributed by atoms with Crippen molar-refractivity contribution in [1.82, 2.24) is 14.8 Å². The topological polar surface area (TPSA) is 76.9 Å². The molecule has 6 nitrogen and oxygen atoms in total. The zero-order valence-corrected chi connectivity index (χ0v) is 13.3. The summed E-state index contributed by atoms with van der Waals surface area (Å²) < 4.78 is 28.6. The highest BCUT2D eigenvalue weighted by Gasteiger charge is 2.24. The lowest BCUT2D eigenvalue weighted by atomic mass is 10.4. The van der Waals surface area contributed by atoms with Crippen molar-refractivity contribution in [2.75, 3.05) is 4.72 Å². The Morgan fingerprint density at radius 3 is 2.37 bits per heavy atom. The number of hydrogen-bond acceptors (Lipinski definition) is 4. The molecule has 0 radical (unpaired) electrons.